The van der Waals surface area contributed by atoms with E-state index in [0.717, 1.165) is 19.6 Å². The van der Waals surface area contributed by atoms with Crippen LogP contribution in [0.1, 0.15) is 43.6 Å². The van der Waals surface area contributed by atoms with Crippen molar-refractivity contribution in [1.82, 2.24) is 10.3 Å². The Bertz CT molecular complexity index is 402. The molecule has 3 N–H and O–H groups in total. The standard InChI is InChI=1S/C16H27N3O/c1-12(2)9-19(10-13(3)4)11-14-5-7-15(8-6-14)16(20)18-17/h5-8,12-13H,9-11,17H2,1-4H3,(H,18,20). The van der Waals surface area contributed by atoms with Crippen molar-refractivity contribution in [2.75, 3.05) is 13.1 Å². The second kappa shape index (κ2) is 8.02. The summed E-state index contributed by atoms with van der Waals surface area (Å²) in [5.41, 5.74) is 3.96. The molecule has 0 heterocycles. The number of nitrogens with two attached hydrogens (primary N) is 1. The van der Waals surface area contributed by atoms with Crippen LogP contribution in [-0.2, 0) is 6.54 Å². The minimum atomic E-state index is -0.252. The number of carbonyl (C=O) groups excluding carboxylic acids is 1. The molecular weight excluding hydrogens is 250 g/mol. The first-order chi connectivity index (χ1) is 9.42. The van der Waals surface area contributed by atoms with E-state index >= 15 is 0 Å². The molecule has 0 aliphatic heterocycles. The van der Waals surface area contributed by atoms with Gasteiger partial charge in [0.05, 0.1) is 0 Å². The fourth-order valence-electron chi connectivity index (χ4n) is 2.34. The van der Waals surface area contributed by atoms with E-state index in [1.54, 1.807) is 0 Å². The van der Waals surface area contributed by atoms with Gasteiger partial charge in [-0.05, 0) is 29.5 Å². The van der Waals surface area contributed by atoms with Gasteiger partial charge < -0.3 is 0 Å². The van der Waals surface area contributed by atoms with E-state index in [4.69, 9.17) is 5.84 Å². The molecule has 0 aliphatic carbocycles. The highest BCUT2D eigenvalue weighted by Crippen LogP contribution is 2.11. The second-order valence-electron chi connectivity index (χ2n) is 6.15. The van der Waals surface area contributed by atoms with Crippen LogP contribution in [0.3, 0.4) is 0 Å². The lowest BCUT2D eigenvalue weighted by atomic mass is 10.1. The van der Waals surface area contributed by atoms with Crippen molar-refractivity contribution in [1.29, 1.82) is 0 Å². The number of amides is 1. The zero-order chi connectivity index (χ0) is 15.1. The largest absolute Gasteiger partial charge is 0.299 e. The zero-order valence-electron chi connectivity index (χ0n) is 13.0. The molecule has 4 nitrogen and oxygen atoms in total. The molecule has 0 fully saturated rings. The first-order valence-corrected chi connectivity index (χ1v) is 7.24. The predicted molar refractivity (Wildman–Crippen MR) is 83.0 cm³/mol. The van der Waals surface area contributed by atoms with Crippen LogP contribution in [0.15, 0.2) is 24.3 Å². The average Bonchev–Trinajstić information content (AvgIpc) is 2.37. The second-order valence-corrected chi connectivity index (χ2v) is 6.15. The Morgan fingerprint density at radius 2 is 1.60 bits per heavy atom. The number of nitrogens with zero attached hydrogens (tertiary/aromatic N) is 1. The summed E-state index contributed by atoms with van der Waals surface area (Å²) >= 11 is 0. The number of rotatable bonds is 7. The van der Waals surface area contributed by atoms with Crippen molar-refractivity contribution in [3.63, 3.8) is 0 Å². The normalized spacial score (nSPS) is 11.4. The predicted octanol–water partition coefficient (Wildman–Crippen LogP) is 2.40. The molecular formula is C16H27N3O. The lowest BCUT2D eigenvalue weighted by Crippen LogP contribution is -2.31. The van der Waals surface area contributed by atoms with Gasteiger partial charge in [-0.1, -0.05) is 39.8 Å². The van der Waals surface area contributed by atoms with Crippen molar-refractivity contribution >= 4 is 5.91 Å². The van der Waals surface area contributed by atoms with Gasteiger partial charge >= 0.3 is 0 Å². The summed E-state index contributed by atoms with van der Waals surface area (Å²) in [7, 11) is 0. The molecule has 0 saturated heterocycles. The van der Waals surface area contributed by atoms with Gasteiger partial charge in [0.15, 0.2) is 0 Å². The van der Waals surface area contributed by atoms with Gasteiger partial charge in [-0.25, -0.2) is 5.84 Å². The molecule has 20 heavy (non-hydrogen) atoms. The van der Waals surface area contributed by atoms with Gasteiger partial charge in [0.2, 0.25) is 0 Å². The van der Waals surface area contributed by atoms with Crippen LogP contribution in [0.2, 0.25) is 0 Å². The Kier molecular flexibility index (Phi) is 6.68. The van der Waals surface area contributed by atoms with E-state index in [1.165, 1.54) is 5.56 Å². The van der Waals surface area contributed by atoms with E-state index in [9.17, 15) is 4.79 Å². The molecule has 0 aliphatic rings. The van der Waals surface area contributed by atoms with Gasteiger partial charge in [0, 0.05) is 25.2 Å². The number of hydrogen-bond acceptors (Lipinski definition) is 3. The van der Waals surface area contributed by atoms with Crippen LogP contribution in [-0.4, -0.2) is 23.9 Å². The Labute approximate surface area is 122 Å². The van der Waals surface area contributed by atoms with Crippen LogP contribution in [0.25, 0.3) is 0 Å². The fraction of sp³-hybridized carbons (Fsp3) is 0.562. The Morgan fingerprint density at radius 3 is 2.00 bits per heavy atom. The number of benzene rings is 1. The van der Waals surface area contributed by atoms with Crippen molar-refractivity contribution < 1.29 is 4.79 Å². The lowest BCUT2D eigenvalue weighted by molar-refractivity contribution is 0.0953. The quantitative estimate of drug-likeness (QED) is 0.457. The van der Waals surface area contributed by atoms with Crippen LogP contribution >= 0.6 is 0 Å². The number of nitrogens with one attached hydrogen (secondary N) is 1. The molecule has 0 aromatic heterocycles. The molecule has 1 aromatic rings. The fourth-order valence-corrected chi connectivity index (χ4v) is 2.34. The summed E-state index contributed by atoms with van der Waals surface area (Å²) in [6.45, 7) is 12.0. The van der Waals surface area contributed by atoms with Crippen molar-refractivity contribution in [3.8, 4) is 0 Å². The Balaban J connectivity index is 2.70. The average molecular weight is 277 g/mol. The van der Waals surface area contributed by atoms with E-state index < -0.39 is 0 Å². The van der Waals surface area contributed by atoms with Gasteiger partial charge in [-0.2, -0.15) is 0 Å². The minimum absolute atomic E-state index is 0.252. The molecule has 0 unspecified atom stereocenters. The summed E-state index contributed by atoms with van der Waals surface area (Å²) < 4.78 is 0. The van der Waals surface area contributed by atoms with E-state index in [2.05, 4.69) is 38.0 Å². The van der Waals surface area contributed by atoms with Crippen molar-refractivity contribution in [3.05, 3.63) is 35.4 Å². The van der Waals surface area contributed by atoms with Crippen LogP contribution in [0, 0.1) is 11.8 Å². The maximum atomic E-state index is 11.4. The smallest absolute Gasteiger partial charge is 0.265 e. The maximum Gasteiger partial charge on any atom is 0.265 e. The monoisotopic (exact) mass is 277 g/mol. The highest BCUT2D eigenvalue weighted by Gasteiger charge is 2.11. The molecule has 112 valence electrons. The third kappa shape index (κ3) is 5.72. The van der Waals surface area contributed by atoms with E-state index in [1.807, 2.05) is 24.3 Å². The highest BCUT2D eigenvalue weighted by atomic mass is 16.2. The molecule has 0 radical (unpaired) electrons. The molecule has 0 atom stereocenters. The third-order valence-electron chi connectivity index (χ3n) is 3.00. The molecule has 0 spiro atoms. The Hall–Kier alpha value is -1.39. The summed E-state index contributed by atoms with van der Waals surface area (Å²) in [4.78, 5) is 13.9. The van der Waals surface area contributed by atoms with Gasteiger partial charge in [-0.15, -0.1) is 0 Å². The number of carbonyl (C=O) groups is 1. The number of hydrazine groups is 1. The van der Waals surface area contributed by atoms with E-state index in [0.29, 0.717) is 17.4 Å². The zero-order valence-corrected chi connectivity index (χ0v) is 13.0. The highest BCUT2D eigenvalue weighted by molar-refractivity contribution is 5.93. The van der Waals surface area contributed by atoms with E-state index in [-0.39, 0.29) is 5.91 Å². The number of hydrogen-bond donors (Lipinski definition) is 2. The lowest BCUT2D eigenvalue weighted by Gasteiger charge is -2.26. The van der Waals surface area contributed by atoms with Crippen LogP contribution in [0.4, 0.5) is 0 Å². The van der Waals surface area contributed by atoms with Crippen LogP contribution < -0.4 is 11.3 Å². The van der Waals surface area contributed by atoms with Crippen LogP contribution in [0.5, 0.6) is 0 Å². The van der Waals surface area contributed by atoms with Gasteiger partial charge in [0.1, 0.15) is 0 Å². The number of nitrogen functional groups attached to an aromatic ring is 1. The summed E-state index contributed by atoms with van der Waals surface area (Å²) in [5, 5.41) is 0. The molecule has 1 aromatic carbocycles. The molecule has 4 heteroatoms. The topological polar surface area (TPSA) is 58.4 Å². The summed E-state index contributed by atoms with van der Waals surface area (Å²) in [6.07, 6.45) is 0. The summed E-state index contributed by atoms with van der Waals surface area (Å²) in [6, 6.07) is 7.64. The van der Waals surface area contributed by atoms with Gasteiger partial charge in [0.25, 0.3) is 5.91 Å². The first kappa shape index (κ1) is 16.7. The third-order valence-corrected chi connectivity index (χ3v) is 3.00. The minimum Gasteiger partial charge on any atom is -0.299 e. The molecule has 0 bridgehead atoms. The van der Waals surface area contributed by atoms with Gasteiger partial charge in [-0.3, -0.25) is 15.1 Å². The molecule has 1 rings (SSSR count). The Morgan fingerprint density at radius 1 is 1.10 bits per heavy atom. The molecule has 0 saturated carbocycles. The maximum absolute atomic E-state index is 11.4. The molecule has 1 amide bonds. The van der Waals surface area contributed by atoms with Crippen molar-refractivity contribution in [2.45, 2.75) is 34.2 Å². The van der Waals surface area contributed by atoms with Crippen molar-refractivity contribution in [2.24, 2.45) is 17.7 Å². The first-order valence-electron chi connectivity index (χ1n) is 7.24. The summed E-state index contributed by atoms with van der Waals surface area (Å²) in [5.74, 6) is 6.17. The SMILES string of the molecule is CC(C)CN(Cc1ccc(C(=O)NN)cc1)CC(C)C.